The number of carbonyl (C=O) groups excluding carboxylic acids is 1. The standard InChI is InChI=1S/C20H21F3N2O2/c21-20(22,23)17-4-2-1-3-15(17)13-5-8-25(9-6-13)19(26)18-16-7-10-27-12-14(16)11-24-18/h1-4,13H,5-12H2. The molecule has 1 fully saturated rings. The second-order valence-electron chi connectivity index (χ2n) is 7.20. The van der Waals surface area contributed by atoms with Crippen LogP contribution in [-0.4, -0.2) is 49.4 Å². The molecule has 1 saturated heterocycles. The van der Waals surface area contributed by atoms with Crippen LogP contribution in [-0.2, 0) is 15.7 Å². The third-order valence-electron chi connectivity index (χ3n) is 5.60. The van der Waals surface area contributed by atoms with E-state index in [0.717, 1.165) is 17.2 Å². The van der Waals surface area contributed by atoms with Gasteiger partial charge in [-0.3, -0.25) is 9.79 Å². The van der Waals surface area contributed by atoms with E-state index in [2.05, 4.69) is 4.99 Å². The van der Waals surface area contributed by atoms with Crippen molar-refractivity contribution in [2.45, 2.75) is 31.4 Å². The first-order valence-corrected chi connectivity index (χ1v) is 9.24. The first-order valence-electron chi connectivity index (χ1n) is 9.24. The zero-order valence-electron chi connectivity index (χ0n) is 14.9. The fraction of sp³-hybridized carbons (Fsp3) is 0.500. The zero-order valence-corrected chi connectivity index (χ0v) is 14.9. The third kappa shape index (κ3) is 3.52. The number of hydrogen-bond donors (Lipinski definition) is 0. The van der Waals surface area contributed by atoms with Gasteiger partial charge in [0.2, 0.25) is 0 Å². The zero-order chi connectivity index (χ0) is 19.0. The first-order chi connectivity index (χ1) is 12.9. The minimum Gasteiger partial charge on any atom is -0.377 e. The molecular weight excluding hydrogens is 357 g/mol. The average molecular weight is 378 g/mol. The molecule has 1 aromatic rings. The van der Waals surface area contributed by atoms with Gasteiger partial charge in [0.25, 0.3) is 5.91 Å². The van der Waals surface area contributed by atoms with Crippen LogP contribution in [0.1, 0.15) is 36.3 Å². The lowest BCUT2D eigenvalue weighted by molar-refractivity contribution is -0.138. The molecule has 7 heteroatoms. The molecule has 1 amide bonds. The number of nitrogens with zero attached hydrogens (tertiary/aromatic N) is 2. The van der Waals surface area contributed by atoms with Gasteiger partial charge in [0.05, 0.1) is 25.3 Å². The van der Waals surface area contributed by atoms with Crippen molar-refractivity contribution in [2.75, 3.05) is 32.8 Å². The maximum absolute atomic E-state index is 13.3. The first kappa shape index (κ1) is 18.2. The minimum absolute atomic E-state index is 0.0931. The minimum atomic E-state index is -4.35. The van der Waals surface area contributed by atoms with Crippen molar-refractivity contribution in [3.63, 3.8) is 0 Å². The average Bonchev–Trinajstić information content (AvgIpc) is 3.11. The summed E-state index contributed by atoms with van der Waals surface area (Å²) in [5.74, 6) is -0.278. The van der Waals surface area contributed by atoms with Crippen molar-refractivity contribution >= 4 is 11.6 Å². The largest absolute Gasteiger partial charge is 0.416 e. The summed E-state index contributed by atoms with van der Waals surface area (Å²) in [6.07, 6.45) is -2.59. The van der Waals surface area contributed by atoms with Gasteiger partial charge in [-0.25, -0.2) is 0 Å². The van der Waals surface area contributed by atoms with Crippen molar-refractivity contribution in [3.05, 3.63) is 46.5 Å². The van der Waals surface area contributed by atoms with Gasteiger partial charge in [-0.15, -0.1) is 0 Å². The van der Waals surface area contributed by atoms with Crippen LogP contribution in [0.25, 0.3) is 0 Å². The predicted molar refractivity (Wildman–Crippen MR) is 94.8 cm³/mol. The molecule has 0 unspecified atom stereocenters. The second-order valence-corrected chi connectivity index (χ2v) is 7.20. The SMILES string of the molecule is O=C(C1=NCC2=C1CCOC2)N1CCC(c2ccccc2C(F)(F)F)CC1. The lowest BCUT2D eigenvalue weighted by Gasteiger charge is -2.33. The predicted octanol–water partition coefficient (Wildman–Crippen LogP) is 3.58. The Labute approximate surface area is 155 Å². The summed E-state index contributed by atoms with van der Waals surface area (Å²) in [7, 11) is 0. The number of alkyl halides is 3. The molecule has 3 aliphatic heterocycles. The Hall–Kier alpha value is -2.15. The van der Waals surface area contributed by atoms with Crippen molar-refractivity contribution < 1.29 is 22.7 Å². The quantitative estimate of drug-likeness (QED) is 0.789. The van der Waals surface area contributed by atoms with Crippen LogP contribution in [0, 0.1) is 0 Å². The van der Waals surface area contributed by atoms with Crippen LogP contribution in [0.4, 0.5) is 13.2 Å². The van der Waals surface area contributed by atoms with Gasteiger partial charge >= 0.3 is 6.18 Å². The van der Waals surface area contributed by atoms with E-state index >= 15 is 0 Å². The number of carbonyl (C=O) groups is 1. The molecule has 144 valence electrons. The highest BCUT2D eigenvalue weighted by Gasteiger charge is 2.37. The maximum Gasteiger partial charge on any atom is 0.416 e. The topological polar surface area (TPSA) is 41.9 Å². The van der Waals surface area contributed by atoms with Crippen LogP contribution in [0.5, 0.6) is 0 Å². The third-order valence-corrected chi connectivity index (χ3v) is 5.60. The number of halogens is 3. The van der Waals surface area contributed by atoms with E-state index in [1.165, 1.54) is 6.07 Å². The molecule has 0 aromatic heterocycles. The van der Waals surface area contributed by atoms with E-state index in [-0.39, 0.29) is 11.8 Å². The summed E-state index contributed by atoms with van der Waals surface area (Å²) in [5.41, 5.74) is 2.40. The highest BCUT2D eigenvalue weighted by molar-refractivity contribution is 6.46. The fourth-order valence-corrected chi connectivity index (χ4v) is 4.18. The summed E-state index contributed by atoms with van der Waals surface area (Å²) in [5, 5.41) is 0. The molecule has 4 rings (SSSR count). The Morgan fingerprint density at radius 2 is 1.93 bits per heavy atom. The maximum atomic E-state index is 13.3. The number of amides is 1. The summed E-state index contributed by atoms with van der Waals surface area (Å²) in [6, 6.07) is 5.77. The smallest absolute Gasteiger partial charge is 0.377 e. The molecule has 0 saturated carbocycles. The normalized spacial score (nSPS) is 21.3. The number of rotatable bonds is 2. The van der Waals surface area contributed by atoms with Gasteiger partial charge in [0, 0.05) is 13.1 Å². The number of likely N-dealkylation sites (tertiary alicyclic amines) is 1. The molecule has 0 bridgehead atoms. The van der Waals surface area contributed by atoms with Gasteiger partial charge in [-0.05, 0) is 48.0 Å². The number of hydrogen-bond acceptors (Lipinski definition) is 3. The Morgan fingerprint density at radius 3 is 2.67 bits per heavy atom. The molecule has 0 atom stereocenters. The van der Waals surface area contributed by atoms with Crippen LogP contribution < -0.4 is 0 Å². The molecule has 3 aliphatic rings. The Morgan fingerprint density at radius 1 is 1.19 bits per heavy atom. The summed E-state index contributed by atoms with van der Waals surface area (Å²) in [4.78, 5) is 19.0. The molecule has 0 aliphatic carbocycles. The molecule has 0 spiro atoms. The second kappa shape index (κ2) is 7.11. The summed E-state index contributed by atoms with van der Waals surface area (Å²) < 4.78 is 45.2. The molecule has 1 aromatic carbocycles. The monoisotopic (exact) mass is 378 g/mol. The van der Waals surface area contributed by atoms with Gasteiger partial charge in [-0.2, -0.15) is 13.2 Å². The summed E-state index contributed by atoms with van der Waals surface area (Å²) in [6.45, 7) is 2.56. The van der Waals surface area contributed by atoms with Crippen LogP contribution in [0.3, 0.4) is 0 Å². The van der Waals surface area contributed by atoms with Gasteiger partial charge in [0.1, 0.15) is 5.71 Å². The van der Waals surface area contributed by atoms with E-state index in [9.17, 15) is 18.0 Å². The van der Waals surface area contributed by atoms with Crippen LogP contribution in [0.15, 0.2) is 40.4 Å². The Kier molecular flexibility index (Phi) is 4.80. The van der Waals surface area contributed by atoms with Crippen molar-refractivity contribution in [2.24, 2.45) is 4.99 Å². The Balaban J connectivity index is 1.44. The highest BCUT2D eigenvalue weighted by Crippen LogP contribution is 2.38. The molecule has 4 nitrogen and oxygen atoms in total. The van der Waals surface area contributed by atoms with Gasteiger partial charge in [0.15, 0.2) is 0 Å². The van der Waals surface area contributed by atoms with Crippen molar-refractivity contribution in [1.29, 1.82) is 0 Å². The van der Waals surface area contributed by atoms with E-state index in [0.29, 0.717) is 63.4 Å². The van der Waals surface area contributed by atoms with E-state index in [4.69, 9.17) is 4.74 Å². The lowest BCUT2D eigenvalue weighted by Crippen LogP contribution is -2.42. The van der Waals surface area contributed by atoms with Crippen LogP contribution in [0.2, 0.25) is 0 Å². The number of piperidine rings is 1. The van der Waals surface area contributed by atoms with E-state index in [1.54, 1.807) is 17.0 Å². The van der Waals surface area contributed by atoms with E-state index in [1.807, 2.05) is 0 Å². The van der Waals surface area contributed by atoms with Crippen molar-refractivity contribution in [1.82, 2.24) is 4.90 Å². The van der Waals surface area contributed by atoms with Crippen LogP contribution >= 0.6 is 0 Å². The molecule has 0 radical (unpaired) electrons. The van der Waals surface area contributed by atoms with Gasteiger partial charge in [-0.1, -0.05) is 18.2 Å². The Bertz CT molecular complexity index is 806. The van der Waals surface area contributed by atoms with Gasteiger partial charge < -0.3 is 9.64 Å². The fourth-order valence-electron chi connectivity index (χ4n) is 4.18. The summed E-state index contributed by atoms with van der Waals surface area (Å²) >= 11 is 0. The molecular formula is C20H21F3N2O2. The lowest BCUT2D eigenvalue weighted by atomic mass is 9.86. The number of benzene rings is 1. The highest BCUT2D eigenvalue weighted by atomic mass is 19.4. The van der Waals surface area contributed by atoms with Crippen molar-refractivity contribution in [3.8, 4) is 0 Å². The molecule has 27 heavy (non-hydrogen) atoms. The number of aliphatic imine (C=N–C) groups is 1. The molecule has 0 N–H and O–H groups in total. The number of ether oxygens (including phenoxy) is 1. The van der Waals surface area contributed by atoms with E-state index < -0.39 is 11.7 Å². The molecule has 3 heterocycles.